The van der Waals surface area contributed by atoms with Crippen LogP contribution in [0, 0.1) is 6.92 Å². The summed E-state index contributed by atoms with van der Waals surface area (Å²) in [4.78, 5) is 23.9. The maximum atomic E-state index is 12.5. The molecule has 1 aliphatic heterocycles. The van der Waals surface area contributed by atoms with Gasteiger partial charge in [-0.05, 0) is 30.7 Å². The molecule has 2 aromatic carbocycles. The summed E-state index contributed by atoms with van der Waals surface area (Å²) in [6.07, 6.45) is 3.19. The first-order valence-corrected chi connectivity index (χ1v) is 8.11. The minimum absolute atomic E-state index is 0.136. The maximum absolute atomic E-state index is 12.5. The van der Waals surface area contributed by atoms with Gasteiger partial charge in [0.15, 0.2) is 12.4 Å². The van der Waals surface area contributed by atoms with Gasteiger partial charge in [-0.25, -0.2) is 4.79 Å². The normalized spacial score (nSPS) is 13.9. The van der Waals surface area contributed by atoms with Crippen LogP contribution in [0.3, 0.4) is 0 Å². The Morgan fingerprint density at radius 3 is 2.85 bits per heavy atom. The van der Waals surface area contributed by atoms with E-state index in [2.05, 4.69) is 6.58 Å². The Morgan fingerprint density at radius 1 is 1.23 bits per heavy atom. The molecule has 3 rings (SSSR count). The second-order valence-corrected chi connectivity index (χ2v) is 5.77. The highest BCUT2D eigenvalue weighted by molar-refractivity contribution is 6.14. The molecule has 0 saturated heterocycles. The molecule has 0 spiro atoms. The molecule has 26 heavy (non-hydrogen) atoms. The van der Waals surface area contributed by atoms with Crippen LogP contribution in [-0.4, -0.2) is 25.0 Å². The van der Waals surface area contributed by atoms with E-state index in [0.29, 0.717) is 17.1 Å². The molecular formula is C21H18O5. The maximum Gasteiger partial charge on any atom is 0.344 e. The molecule has 0 amide bonds. The number of fused-ring (bicyclic) bond motifs is 1. The quantitative estimate of drug-likeness (QED) is 0.451. The Bertz CT molecular complexity index is 895. The third-order valence-corrected chi connectivity index (χ3v) is 3.70. The standard InChI is InChI=1S/C21H18O5/c1-3-9-24-20(22)13-25-16-7-8-17-18(12-16)26-19(21(17)23)11-15-6-4-5-14(2)10-15/h3-8,10-12H,1,9,13H2,2H3. The Hall–Kier alpha value is -3.34. The van der Waals surface area contributed by atoms with Gasteiger partial charge in [0.05, 0.1) is 5.56 Å². The van der Waals surface area contributed by atoms with Gasteiger partial charge in [0, 0.05) is 6.07 Å². The van der Waals surface area contributed by atoms with Crippen LogP contribution in [0.25, 0.3) is 6.08 Å². The van der Waals surface area contributed by atoms with Gasteiger partial charge in [0.1, 0.15) is 18.1 Å². The van der Waals surface area contributed by atoms with E-state index in [1.54, 1.807) is 24.3 Å². The fourth-order valence-electron chi connectivity index (χ4n) is 2.50. The van der Waals surface area contributed by atoms with Crippen molar-refractivity contribution in [2.24, 2.45) is 0 Å². The third-order valence-electron chi connectivity index (χ3n) is 3.70. The van der Waals surface area contributed by atoms with Crippen LogP contribution in [0.2, 0.25) is 0 Å². The molecule has 2 aromatic rings. The van der Waals surface area contributed by atoms with E-state index >= 15 is 0 Å². The number of benzene rings is 2. The Morgan fingerprint density at radius 2 is 2.08 bits per heavy atom. The molecule has 0 N–H and O–H groups in total. The molecule has 5 heteroatoms. The lowest BCUT2D eigenvalue weighted by Crippen LogP contribution is -2.14. The number of aryl methyl sites for hydroxylation is 1. The smallest absolute Gasteiger partial charge is 0.344 e. The van der Waals surface area contributed by atoms with Gasteiger partial charge in [0.2, 0.25) is 5.78 Å². The van der Waals surface area contributed by atoms with Crippen LogP contribution in [0.15, 0.2) is 60.9 Å². The van der Waals surface area contributed by atoms with Gasteiger partial charge in [-0.15, -0.1) is 0 Å². The molecule has 0 bridgehead atoms. The number of allylic oxidation sites excluding steroid dienone is 1. The van der Waals surface area contributed by atoms with Crippen LogP contribution in [-0.2, 0) is 9.53 Å². The number of ketones is 1. The Labute approximate surface area is 151 Å². The van der Waals surface area contributed by atoms with Gasteiger partial charge in [0.25, 0.3) is 0 Å². The average molecular weight is 350 g/mol. The number of Topliss-reactive ketones (excluding diaryl/α,β-unsaturated/α-hetero) is 1. The molecule has 132 valence electrons. The summed E-state index contributed by atoms with van der Waals surface area (Å²) in [6, 6.07) is 12.6. The molecule has 0 radical (unpaired) electrons. The second-order valence-electron chi connectivity index (χ2n) is 5.77. The van der Waals surface area contributed by atoms with Crippen molar-refractivity contribution in [2.75, 3.05) is 13.2 Å². The predicted molar refractivity (Wildman–Crippen MR) is 97.2 cm³/mol. The number of hydrogen-bond acceptors (Lipinski definition) is 5. The first-order chi connectivity index (χ1) is 12.6. The lowest BCUT2D eigenvalue weighted by Gasteiger charge is -2.06. The number of carbonyl (C=O) groups is 2. The zero-order valence-corrected chi connectivity index (χ0v) is 14.4. The van der Waals surface area contributed by atoms with E-state index < -0.39 is 5.97 Å². The molecule has 0 unspecified atom stereocenters. The Balaban J connectivity index is 1.72. The van der Waals surface area contributed by atoms with E-state index in [0.717, 1.165) is 11.1 Å². The Kier molecular flexibility index (Phi) is 5.17. The zero-order chi connectivity index (χ0) is 18.5. The SMILES string of the molecule is C=CCOC(=O)COc1ccc2c(c1)OC(=Cc1cccc(C)c1)C2=O. The van der Waals surface area contributed by atoms with Crippen molar-refractivity contribution in [3.05, 3.63) is 77.6 Å². The molecule has 1 aliphatic rings. The monoisotopic (exact) mass is 350 g/mol. The van der Waals surface area contributed by atoms with Gasteiger partial charge in [-0.3, -0.25) is 4.79 Å². The summed E-state index contributed by atoms with van der Waals surface area (Å²) in [5.41, 5.74) is 2.45. The number of esters is 1. The molecule has 0 aromatic heterocycles. The van der Waals surface area contributed by atoms with Gasteiger partial charge < -0.3 is 14.2 Å². The van der Waals surface area contributed by atoms with Crippen molar-refractivity contribution in [1.29, 1.82) is 0 Å². The second kappa shape index (κ2) is 7.70. The number of carbonyl (C=O) groups excluding carboxylic acids is 2. The lowest BCUT2D eigenvalue weighted by atomic mass is 10.1. The van der Waals surface area contributed by atoms with Crippen LogP contribution in [0.4, 0.5) is 0 Å². The minimum Gasteiger partial charge on any atom is -0.482 e. The molecule has 0 saturated carbocycles. The summed E-state index contributed by atoms with van der Waals surface area (Å²) in [7, 11) is 0. The number of ether oxygens (including phenoxy) is 3. The van der Waals surface area contributed by atoms with Crippen LogP contribution in [0.1, 0.15) is 21.5 Å². The van der Waals surface area contributed by atoms with Gasteiger partial charge in [-0.2, -0.15) is 0 Å². The zero-order valence-electron chi connectivity index (χ0n) is 14.4. The van der Waals surface area contributed by atoms with Crippen LogP contribution >= 0.6 is 0 Å². The highest BCUT2D eigenvalue weighted by Crippen LogP contribution is 2.34. The topological polar surface area (TPSA) is 61.8 Å². The summed E-state index contributed by atoms with van der Waals surface area (Å²) in [5.74, 6) is 0.406. The summed E-state index contributed by atoms with van der Waals surface area (Å²) in [5, 5.41) is 0. The third kappa shape index (κ3) is 4.00. The summed E-state index contributed by atoms with van der Waals surface area (Å²) in [6.45, 7) is 5.36. The largest absolute Gasteiger partial charge is 0.482 e. The fraction of sp³-hybridized carbons (Fsp3) is 0.143. The van der Waals surface area contributed by atoms with Crippen molar-refractivity contribution < 1.29 is 23.8 Å². The predicted octanol–water partition coefficient (Wildman–Crippen LogP) is 3.72. The van der Waals surface area contributed by atoms with E-state index in [1.807, 2.05) is 31.2 Å². The molecule has 0 aliphatic carbocycles. The van der Waals surface area contributed by atoms with E-state index in [4.69, 9.17) is 14.2 Å². The molecule has 0 atom stereocenters. The van der Waals surface area contributed by atoms with E-state index in [1.165, 1.54) is 6.08 Å². The van der Waals surface area contributed by atoms with E-state index in [9.17, 15) is 9.59 Å². The van der Waals surface area contributed by atoms with Crippen molar-refractivity contribution >= 4 is 17.8 Å². The van der Waals surface area contributed by atoms with Crippen molar-refractivity contribution in [3.63, 3.8) is 0 Å². The van der Waals surface area contributed by atoms with Gasteiger partial charge in [-0.1, -0.05) is 42.5 Å². The highest BCUT2D eigenvalue weighted by atomic mass is 16.6. The molecule has 1 heterocycles. The van der Waals surface area contributed by atoms with Crippen LogP contribution in [0.5, 0.6) is 11.5 Å². The van der Waals surface area contributed by atoms with Crippen molar-refractivity contribution in [3.8, 4) is 11.5 Å². The lowest BCUT2D eigenvalue weighted by molar-refractivity contribution is -0.144. The first-order valence-electron chi connectivity index (χ1n) is 8.11. The number of hydrogen-bond donors (Lipinski definition) is 0. The molecule has 0 fully saturated rings. The van der Waals surface area contributed by atoms with Crippen molar-refractivity contribution in [2.45, 2.75) is 6.92 Å². The highest BCUT2D eigenvalue weighted by Gasteiger charge is 2.27. The summed E-state index contributed by atoms with van der Waals surface area (Å²) >= 11 is 0. The average Bonchev–Trinajstić information content (AvgIpc) is 2.93. The van der Waals surface area contributed by atoms with Crippen molar-refractivity contribution in [1.82, 2.24) is 0 Å². The minimum atomic E-state index is -0.498. The summed E-state index contributed by atoms with van der Waals surface area (Å²) < 4.78 is 15.9. The van der Waals surface area contributed by atoms with Gasteiger partial charge >= 0.3 is 5.97 Å². The van der Waals surface area contributed by atoms with Crippen LogP contribution < -0.4 is 9.47 Å². The molecular weight excluding hydrogens is 332 g/mol. The fourth-order valence-corrected chi connectivity index (χ4v) is 2.50. The number of rotatable bonds is 6. The van der Waals surface area contributed by atoms with E-state index in [-0.39, 0.29) is 24.8 Å². The molecule has 5 nitrogen and oxygen atoms in total. The first kappa shape index (κ1) is 17.5.